The zero-order valence-electron chi connectivity index (χ0n) is 15.6. The molecule has 0 unspecified atom stereocenters. The first-order valence-corrected chi connectivity index (χ1v) is 8.60. The zero-order chi connectivity index (χ0) is 19.8. The summed E-state index contributed by atoms with van der Waals surface area (Å²) < 4.78 is 18.3. The van der Waals surface area contributed by atoms with Crippen molar-refractivity contribution in [1.29, 1.82) is 5.26 Å². The molecule has 142 valence electrons. The number of anilines is 1. The minimum atomic E-state index is -0.990. The number of hydrogen-bond donors (Lipinski definition) is 1. The van der Waals surface area contributed by atoms with E-state index in [4.69, 9.17) is 14.2 Å². The molecule has 28 heavy (non-hydrogen) atoms. The van der Waals surface area contributed by atoms with Crippen molar-refractivity contribution >= 4 is 22.9 Å². The Bertz CT molecular complexity index is 1120. The first kappa shape index (κ1) is 17.7. The van der Waals surface area contributed by atoms with E-state index in [1.807, 2.05) is 28.8 Å². The van der Waals surface area contributed by atoms with Gasteiger partial charge in [-0.25, -0.2) is 4.98 Å². The van der Waals surface area contributed by atoms with Crippen molar-refractivity contribution in [2.24, 2.45) is 5.92 Å². The highest BCUT2D eigenvalue weighted by molar-refractivity contribution is 5.97. The van der Waals surface area contributed by atoms with Crippen molar-refractivity contribution < 1.29 is 19.0 Å². The minimum absolute atomic E-state index is 0.381. The van der Waals surface area contributed by atoms with Crippen LogP contribution in [0.4, 0.5) is 5.95 Å². The molecule has 0 radical (unpaired) electrons. The van der Waals surface area contributed by atoms with Crippen LogP contribution in [0.3, 0.4) is 0 Å². The van der Waals surface area contributed by atoms with Gasteiger partial charge in [0.1, 0.15) is 5.75 Å². The van der Waals surface area contributed by atoms with E-state index < -0.39 is 17.9 Å². The number of nitrogens with zero attached hydrogens (tertiary/aromatic N) is 3. The van der Waals surface area contributed by atoms with Gasteiger partial charge in [-0.05, 0) is 18.2 Å². The molecule has 0 fully saturated rings. The molecule has 0 saturated carbocycles. The van der Waals surface area contributed by atoms with Crippen LogP contribution in [0.15, 0.2) is 36.4 Å². The molecule has 2 heterocycles. The third-order valence-electron chi connectivity index (χ3n) is 4.88. The van der Waals surface area contributed by atoms with E-state index in [9.17, 15) is 10.1 Å². The first-order chi connectivity index (χ1) is 13.6. The summed E-state index contributed by atoms with van der Waals surface area (Å²) in [5.74, 6) is 0.389. The monoisotopic (exact) mass is 378 g/mol. The number of imidazole rings is 1. The first-order valence-electron chi connectivity index (χ1n) is 8.60. The molecule has 1 aromatic heterocycles. The molecule has 0 saturated heterocycles. The van der Waals surface area contributed by atoms with Crippen molar-refractivity contribution in [3.05, 3.63) is 42.0 Å². The Morgan fingerprint density at radius 3 is 2.61 bits per heavy atom. The van der Waals surface area contributed by atoms with Crippen LogP contribution in [-0.4, -0.2) is 36.8 Å². The van der Waals surface area contributed by atoms with E-state index in [1.165, 1.54) is 14.2 Å². The van der Waals surface area contributed by atoms with Gasteiger partial charge in [0.25, 0.3) is 0 Å². The van der Waals surface area contributed by atoms with Gasteiger partial charge in [0.15, 0.2) is 17.4 Å². The average molecular weight is 378 g/mol. The molecule has 0 spiro atoms. The van der Waals surface area contributed by atoms with Gasteiger partial charge >= 0.3 is 0 Å². The van der Waals surface area contributed by atoms with Crippen LogP contribution in [0.25, 0.3) is 11.0 Å². The zero-order valence-corrected chi connectivity index (χ0v) is 15.6. The summed E-state index contributed by atoms with van der Waals surface area (Å²) in [5.41, 5.74) is 2.12. The van der Waals surface area contributed by atoms with E-state index in [0.29, 0.717) is 28.8 Å². The maximum Gasteiger partial charge on any atom is 0.246 e. The van der Waals surface area contributed by atoms with Gasteiger partial charge in [-0.3, -0.25) is 10.1 Å². The van der Waals surface area contributed by atoms with Crippen LogP contribution in [0.1, 0.15) is 11.6 Å². The number of rotatable bonds is 4. The summed E-state index contributed by atoms with van der Waals surface area (Å²) in [5, 5.41) is 12.5. The number of ether oxygens (including phenoxy) is 3. The van der Waals surface area contributed by atoms with Gasteiger partial charge in [0.2, 0.25) is 11.9 Å². The summed E-state index contributed by atoms with van der Waals surface area (Å²) in [6.07, 6.45) is 0. The van der Waals surface area contributed by atoms with Gasteiger partial charge in [0, 0.05) is 11.6 Å². The smallest absolute Gasteiger partial charge is 0.246 e. The lowest BCUT2D eigenvalue weighted by Gasteiger charge is -2.31. The Morgan fingerprint density at radius 2 is 1.93 bits per heavy atom. The molecule has 2 aromatic carbocycles. The number of methoxy groups -OCH3 is 3. The summed E-state index contributed by atoms with van der Waals surface area (Å²) in [4.78, 5) is 17.2. The van der Waals surface area contributed by atoms with Crippen LogP contribution in [-0.2, 0) is 4.79 Å². The minimum Gasteiger partial charge on any atom is -0.497 e. The molecule has 8 nitrogen and oxygen atoms in total. The van der Waals surface area contributed by atoms with Gasteiger partial charge in [-0.15, -0.1) is 0 Å². The number of carbonyl (C=O) groups excluding carboxylic acids is 1. The predicted molar refractivity (Wildman–Crippen MR) is 102 cm³/mol. The number of hydrogen-bond acceptors (Lipinski definition) is 6. The Balaban J connectivity index is 2.06. The van der Waals surface area contributed by atoms with Crippen LogP contribution >= 0.6 is 0 Å². The van der Waals surface area contributed by atoms with E-state index in [-0.39, 0.29) is 0 Å². The Hall–Kier alpha value is -3.73. The molecule has 2 atom stereocenters. The van der Waals surface area contributed by atoms with Crippen molar-refractivity contribution in [2.75, 3.05) is 26.6 Å². The highest BCUT2D eigenvalue weighted by Crippen LogP contribution is 2.46. The molecule has 0 aliphatic carbocycles. The number of benzene rings is 2. The Labute approximate surface area is 161 Å². The van der Waals surface area contributed by atoms with E-state index in [2.05, 4.69) is 16.4 Å². The summed E-state index contributed by atoms with van der Waals surface area (Å²) in [6.45, 7) is 0. The summed E-state index contributed by atoms with van der Waals surface area (Å²) in [6, 6.07) is 12.4. The van der Waals surface area contributed by atoms with Crippen LogP contribution in [0.2, 0.25) is 0 Å². The van der Waals surface area contributed by atoms with Crippen molar-refractivity contribution in [3.63, 3.8) is 0 Å². The van der Waals surface area contributed by atoms with Crippen molar-refractivity contribution in [3.8, 4) is 23.3 Å². The van der Waals surface area contributed by atoms with Gasteiger partial charge in [0.05, 0.1) is 44.5 Å². The third-order valence-corrected chi connectivity index (χ3v) is 4.88. The molecule has 4 rings (SSSR count). The van der Waals surface area contributed by atoms with Crippen LogP contribution in [0.5, 0.6) is 17.2 Å². The number of para-hydroxylation sites is 2. The van der Waals surface area contributed by atoms with Gasteiger partial charge < -0.3 is 18.8 Å². The quantitative estimate of drug-likeness (QED) is 0.750. The fourth-order valence-corrected chi connectivity index (χ4v) is 3.65. The lowest BCUT2D eigenvalue weighted by atomic mass is 9.90. The van der Waals surface area contributed by atoms with Gasteiger partial charge in [-0.2, -0.15) is 5.26 Å². The topological polar surface area (TPSA) is 98.4 Å². The molecular weight excluding hydrogens is 360 g/mol. The molecule has 8 heteroatoms. The summed E-state index contributed by atoms with van der Waals surface area (Å²) >= 11 is 0. The number of amides is 1. The maximum absolute atomic E-state index is 12.7. The number of fused-ring (bicyclic) bond motifs is 3. The number of nitrogens with one attached hydrogen (secondary N) is 1. The lowest BCUT2D eigenvalue weighted by Crippen LogP contribution is -2.37. The summed E-state index contributed by atoms with van der Waals surface area (Å²) in [7, 11) is 4.58. The largest absolute Gasteiger partial charge is 0.497 e. The molecule has 0 bridgehead atoms. The predicted octanol–water partition coefficient (Wildman–Crippen LogP) is 2.74. The second-order valence-corrected chi connectivity index (χ2v) is 6.29. The highest BCUT2D eigenvalue weighted by Gasteiger charge is 2.41. The second-order valence-electron chi connectivity index (χ2n) is 6.29. The van der Waals surface area contributed by atoms with Gasteiger partial charge in [-0.1, -0.05) is 12.1 Å². The molecule has 3 aromatic rings. The molecule has 1 N–H and O–H groups in total. The molecule has 1 aliphatic rings. The fourth-order valence-electron chi connectivity index (χ4n) is 3.65. The number of carbonyl (C=O) groups is 1. The molecular formula is C20H18N4O4. The number of nitriles is 1. The Morgan fingerprint density at radius 1 is 1.14 bits per heavy atom. The third kappa shape index (κ3) is 2.52. The van der Waals surface area contributed by atoms with E-state index >= 15 is 0 Å². The average Bonchev–Trinajstić information content (AvgIpc) is 3.09. The highest BCUT2D eigenvalue weighted by atomic mass is 16.5. The van der Waals surface area contributed by atoms with E-state index in [0.717, 1.165) is 11.0 Å². The lowest BCUT2D eigenvalue weighted by molar-refractivity contribution is -0.119. The van der Waals surface area contributed by atoms with Crippen molar-refractivity contribution in [2.45, 2.75) is 6.04 Å². The second kappa shape index (κ2) is 6.78. The SMILES string of the molecule is COc1cc(OC)c(OC)c([C@H]2[C@H](C#N)C(=O)Nc3nc4ccccc4n32)c1. The van der Waals surface area contributed by atoms with Crippen LogP contribution < -0.4 is 19.5 Å². The van der Waals surface area contributed by atoms with Crippen LogP contribution in [0, 0.1) is 17.2 Å². The van der Waals surface area contributed by atoms with E-state index in [1.54, 1.807) is 19.2 Å². The Kier molecular flexibility index (Phi) is 4.28. The fraction of sp³-hybridized carbons (Fsp3) is 0.250. The number of aromatic nitrogens is 2. The molecule has 1 aliphatic heterocycles. The normalized spacial score (nSPS) is 18.1. The molecule has 1 amide bonds. The van der Waals surface area contributed by atoms with Crippen molar-refractivity contribution in [1.82, 2.24) is 9.55 Å². The standard InChI is InChI=1S/C20H18N4O4/c1-26-11-8-12(18(28-3)16(9-11)27-2)17-13(10-21)19(25)23-20-22-14-6-4-5-7-15(14)24(17)20/h4-9,13,17H,1-3H3,(H,22,23,25)/t13-,17-/m0/s1. The maximum atomic E-state index is 12.7.